The highest BCUT2D eigenvalue weighted by molar-refractivity contribution is 5.88. The molecule has 3 aromatic carbocycles. The maximum Gasteiger partial charge on any atom is 0.261 e. The van der Waals surface area contributed by atoms with Crippen LogP contribution >= 0.6 is 0 Å². The Labute approximate surface area is 206 Å². The number of amides is 2. The van der Waals surface area contributed by atoms with Gasteiger partial charge in [-0.3, -0.25) is 9.59 Å². The standard InChI is InChI=1S/C29H33FN2O3/c1-22(2)17-18-31-29(34)27(19-23-9-5-3-6-10-23)32(20-24-13-15-25(30)16-14-24)28(33)21-35-26-11-7-4-8-12-26/h3-16,22,27H,17-21H2,1-2H3,(H,31,34). The predicted octanol–water partition coefficient (Wildman–Crippen LogP) is 5.01. The maximum absolute atomic E-state index is 13.5. The molecule has 0 saturated heterocycles. The van der Waals surface area contributed by atoms with Crippen LogP contribution in [0.25, 0.3) is 0 Å². The van der Waals surface area contributed by atoms with E-state index in [-0.39, 0.29) is 30.8 Å². The van der Waals surface area contributed by atoms with E-state index in [9.17, 15) is 14.0 Å². The van der Waals surface area contributed by atoms with E-state index in [0.717, 1.165) is 17.5 Å². The smallest absolute Gasteiger partial charge is 0.261 e. The number of rotatable bonds is 12. The van der Waals surface area contributed by atoms with Gasteiger partial charge in [-0.1, -0.05) is 74.5 Å². The lowest BCUT2D eigenvalue weighted by Gasteiger charge is -2.31. The van der Waals surface area contributed by atoms with Gasteiger partial charge in [0.05, 0.1) is 0 Å². The van der Waals surface area contributed by atoms with Crippen LogP contribution in [-0.2, 0) is 22.6 Å². The first-order valence-corrected chi connectivity index (χ1v) is 12.0. The summed E-state index contributed by atoms with van der Waals surface area (Å²) < 4.78 is 19.2. The molecule has 0 radical (unpaired) electrons. The SMILES string of the molecule is CC(C)CCNC(=O)C(Cc1ccccc1)N(Cc1ccc(F)cc1)C(=O)COc1ccccc1. The number of nitrogens with zero attached hydrogens (tertiary/aromatic N) is 1. The second kappa shape index (κ2) is 13.3. The number of ether oxygens (including phenoxy) is 1. The van der Waals surface area contributed by atoms with Gasteiger partial charge in [0.25, 0.3) is 5.91 Å². The number of hydrogen-bond acceptors (Lipinski definition) is 3. The van der Waals surface area contributed by atoms with Crippen LogP contribution in [0.15, 0.2) is 84.9 Å². The number of halogens is 1. The van der Waals surface area contributed by atoms with Crippen LogP contribution in [0.4, 0.5) is 4.39 Å². The fraction of sp³-hybridized carbons (Fsp3) is 0.310. The molecule has 0 aliphatic carbocycles. The lowest BCUT2D eigenvalue weighted by molar-refractivity contribution is -0.142. The molecule has 0 spiro atoms. The van der Waals surface area contributed by atoms with E-state index < -0.39 is 6.04 Å². The molecule has 2 amide bonds. The van der Waals surface area contributed by atoms with Gasteiger partial charge in [0.2, 0.25) is 5.91 Å². The van der Waals surface area contributed by atoms with E-state index in [4.69, 9.17) is 4.74 Å². The fourth-order valence-electron chi connectivity index (χ4n) is 3.69. The zero-order chi connectivity index (χ0) is 25.0. The molecule has 0 aliphatic heterocycles. The largest absolute Gasteiger partial charge is 0.484 e. The maximum atomic E-state index is 13.5. The zero-order valence-electron chi connectivity index (χ0n) is 20.3. The Bertz CT molecular complexity index is 1060. The Balaban J connectivity index is 1.86. The molecule has 5 nitrogen and oxygen atoms in total. The summed E-state index contributed by atoms with van der Waals surface area (Å²) in [6.07, 6.45) is 1.19. The van der Waals surface area contributed by atoms with Crippen LogP contribution < -0.4 is 10.1 Å². The van der Waals surface area contributed by atoms with Gasteiger partial charge in [-0.15, -0.1) is 0 Å². The van der Waals surface area contributed by atoms with Crippen LogP contribution in [0, 0.1) is 11.7 Å². The number of benzene rings is 3. The van der Waals surface area contributed by atoms with E-state index in [1.807, 2.05) is 48.5 Å². The van der Waals surface area contributed by atoms with Gasteiger partial charge in [0, 0.05) is 19.5 Å². The van der Waals surface area contributed by atoms with Gasteiger partial charge in [0.15, 0.2) is 6.61 Å². The molecule has 0 saturated carbocycles. The average Bonchev–Trinajstić information content (AvgIpc) is 2.86. The minimum atomic E-state index is -0.749. The third-order valence-electron chi connectivity index (χ3n) is 5.66. The molecule has 184 valence electrons. The summed E-state index contributed by atoms with van der Waals surface area (Å²) in [6.45, 7) is 4.67. The third kappa shape index (κ3) is 8.56. The van der Waals surface area contributed by atoms with Crippen LogP contribution in [0.2, 0.25) is 0 Å². The quantitative estimate of drug-likeness (QED) is 0.400. The van der Waals surface area contributed by atoms with Crippen molar-refractivity contribution < 1.29 is 18.7 Å². The summed E-state index contributed by atoms with van der Waals surface area (Å²) in [5.41, 5.74) is 1.67. The van der Waals surface area contributed by atoms with Crippen LogP contribution in [0.3, 0.4) is 0 Å². The number of para-hydroxylation sites is 1. The Morgan fingerprint density at radius 3 is 2.14 bits per heavy atom. The fourth-order valence-corrected chi connectivity index (χ4v) is 3.69. The molecule has 0 bridgehead atoms. The van der Waals surface area contributed by atoms with Gasteiger partial charge in [0.1, 0.15) is 17.6 Å². The van der Waals surface area contributed by atoms with Crippen molar-refractivity contribution in [2.24, 2.45) is 5.92 Å². The van der Waals surface area contributed by atoms with Gasteiger partial charge in [-0.2, -0.15) is 0 Å². The summed E-state index contributed by atoms with van der Waals surface area (Å²) in [6, 6.07) is 23.9. The van der Waals surface area contributed by atoms with E-state index in [1.165, 1.54) is 17.0 Å². The zero-order valence-corrected chi connectivity index (χ0v) is 20.3. The molecule has 6 heteroatoms. The molecule has 1 N–H and O–H groups in total. The molecular weight excluding hydrogens is 443 g/mol. The van der Waals surface area contributed by atoms with Gasteiger partial charge in [-0.25, -0.2) is 4.39 Å². The first-order chi connectivity index (χ1) is 16.9. The summed E-state index contributed by atoms with van der Waals surface area (Å²) in [4.78, 5) is 28.4. The van der Waals surface area contributed by atoms with Crippen molar-refractivity contribution in [1.29, 1.82) is 0 Å². The summed E-state index contributed by atoms with van der Waals surface area (Å²) >= 11 is 0. The normalized spacial score (nSPS) is 11.7. The first-order valence-electron chi connectivity index (χ1n) is 12.0. The molecule has 0 heterocycles. The third-order valence-corrected chi connectivity index (χ3v) is 5.66. The minimum Gasteiger partial charge on any atom is -0.484 e. The lowest BCUT2D eigenvalue weighted by atomic mass is 10.0. The first kappa shape index (κ1) is 25.9. The van der Waals surface area contributed by atoms with Gasteiger partial charge in [-0.05, 0) is 47.7 Å². The molecule has 3 rings (SSSR count). The average molecular weight is 477 g/mol. The number of carbonyl (C=O) groups is 2. The van der Waals surface area contributed by atoms with E-state index >= 15 is 0 Å². The second-order valence-electron chi connectivity index (χ2n) is 8.93. The van der Waals surface area contributed by atoms with Crippen molar-refractivity contribution in [3.05, 3.63) is 102 Å². The highest BCUT2D eigenvalue weighted by Crippen LogP contribution is 2.17. The molecular formula is C29H33FN2O3. The number of nitrogens with one attached hydrogen (secondary N) is 1. The van der Waals surface area contributed by atoms with Gasteiger partial charge < -0.3 is 15.0 Å². The Morgan fingerprint density at radius 1 is 0.886 bits per heavy atom. The molecule has 1 unspecified atom stereocenters. The Kier molecular flexibility index (Phi) is 9.84. The van der Waals surface area contributed by atoms with Crippen LogP contribution in [-0.4, -0.2) is 35.9 Å². The molecule has 0 fully saturated rings. The highest BCUT2D eigenvalue weighted by Gasteiger charge is 2.30. The van der Waals surface area contributed by atoms with E-state index in [0.29, 0.717) is 24.6 Å². The van der Waals surface area contributed by atoms with Gasteiger partial charge >= 0.3 is 0 Å². The Hall–Kier alpha value is -3.67. The van der Waals surface area contributed by atoms with Crippen molar-refractivity contribution in [3.63, 3.8) is 0 Å². The summed E-state index contributed by atoms with van der Waals surface area (Å²) in [5.74, 6) is 0.122. The van der Waals surface area contributed by atoms with E-state index in [1.54, 1.807) is 24.3 Å². The van der Waals surface area contributed by atoms with Crippen molar-refractivity contribution in [1.82, 2.24) is 10.2 Å². The number of carbonyl (C=O) groups excluding carboxylic acids is 2. The molecule has 1 atom stereocenters. The Morgan fingerprint density at radius 2 is 1.51 bits per heavy atom. The highest BCUT2D eigenvalue weighted by atomic mass is 19.1. The topological polar surface area (TPSA) is 58.6 Å². The lowest BCUT2D eigenvalue weighted by Crippen LogP contribution is -2.52. The van der Waals surface area contributed by atoms with Crippen molar-refractivity contribution in [2.75, 3.05) is 13.2 Å². The summed E-state index contributed by atoms with van der Waals surface area (Å²) in [7, 11) is 0. The van der Waals surface area contributed by atoms with Crippen molar-refractivity contribution >= 4 is 11.8 Å². The van der Waals surface area contributed by atoms with Crippen LogP contribution in [0.1, 0.15) is 31.4 Å². The molecule has 35 heavy (non-hydrogen) atoms. The monoisotopic (exact) mass is 476 g/mol. The molecule has 0 aliphatic rings. The van der Waals surface area contributed by atoms with E-state index in [2.05, 4.69) is 19.2 Å². The van der Waals surface area contributed by atoms with Crippen molar-refractivity contribution in [2.45, 2.75) is 39.3 Å². The summed E-state index contributed by atoms with van der Waals surface area (Å²) in [5, 5.41) is 3.00. The molecule has 3 aromatic rings. The predicted molar refractivity (Wildman–Crippen MR) is 135 cm³/mol. The number of hydrogen-bond donors (Lipinski definition) is 1. The molecule has 0 aromatic heterocycles. The van der Waals surface area contributed by atoms with Crippen molar-refractivity contribution in [3.8, 4) is 5.75 Å². The minimum absolute atomic E-state index is 0.159. The van der Waals surface area contributed by atoms with Crippen LogP contribution in [0.5, 0.6) is 5.75 Å². The second-order valence-corrected chi connectivity index (χ2v) is 8.93.